The van der Waals surface area contributed by atoms with E-state index in [1.807, 2.05) is 26.0 Å². The number of halogens is 1. The van der Waals surface area contributed by atoms with Gasteiger partial charge in [0.25, 0.3) is 0 Å². The Labute approximate surface area is 106 Å². The summed E-state index contributed by atoms with van der Waals surface area (Å²) in [7, 11) is 0. The molecule has 94 valence electrons. The maximum atomic E-state index is 12.9. The summed E-state index contributed by atoms with van der Waals surface area (Å²) in [5, 5.41) is 3.23. The molecule has 1 N–H and O–H groups in total. The molecule has 0 aliphatic heterocycles. The van der Waals surface area contributed by atoms with Gasteiger partial charge in [-0.1, -0.05) is 6.07 Å². The number of hydrogen-bond donors (Lipinski definition) is 1. The van der Waals surface area contributed by atoms with Crippen molar-refractivity contribution < 1.29 is 4.39 Å². The van der Waals surface area contributed by atoms with Crippen LogP contribution in [0.15, 0.2) is 30.5 Å². The Hall–Kier alpha value is -1.97. The molecule has 2 aromatic rings. The fourth-order valence-corrected chi connectivity index (χ4v) is 1.82. The average molecular weight is 245 g/mol. The predicted molar refractivity (Wildman–Crippen MR) is 70.1 cm³/mol. The molecule has 1 aromatic carbocycles. The van der Waals surface area contributed by atoms with E-state index >= 15 is 0 Å². The molecule has 1 heterocycles. The van der Waals surface area contributed by atoms with E-state index in [2.05, 4.69) is 15.3 Å². The highest BCUT2D eigenvalue weighted by Gasteiger charge is 2.00. The van der Waals surface area contributed by atoms with Gasteiger partial charge in [-0.05, 0) is 49.6 Å². The summed E-state index contributed by atoms with van der Waals surface area (Å²) in [5.74, 6) is 1.39. The Morgan fingerprint density at radius 3 is 2.78 bits per heavy atom. The first-order valence-corrected chi connectivity index (χ1v) is 5.94. The summed E-state index contributed by atoms with van der Waals surface area (Å²) < 4.78 is 12.9. The van der Waals surface area contributed by atoms with Gasteiger partial charge < -0.3 is 5.32 Å². The van der Waals surface area contributed by atoms with Crippen LogP contribution < -0.4 is 5.32 Å². The molecule has 2 rings (SSSR count). The van der Waals surface area contributed by atoms with Crippen LogP contribution in [0.2, 0.25) is 0 Å². The van der Waals surface area contributed by atoms with E-state index in [4.69, 9.17) is 0 Å². The van der Waals surface area contributed by atoms with Crippen LogP contribution in [0.3, 0.4) is 0 Å². The minimum atomic E-state index is -0.185. The second kappa shape index (κ2) is 5.58. The summed E-state index contributed by atoms with van der Waals surface area (Å²) in [4.78, 5) is 8.30. The number of anilines is 1. The minimum absolute atomic E-state index is 0.185. The Morgan fingerprint density at radius 1 is 1.22 bits per heavy atom. The number of aromatic nitrogens is 2. The highest BCUT2D eigenvalue weighted by Crippen LogP contribution is 2.11. The van der Waals surface area contributed by atoms with Crippen LogP contribution in [-0.4, -0.2) is 16.5 Å². The maximum absolute atomic E-state index is 12.9. The van der Waals surface area contributed by atoms with Crippen molar-refractivity contribution in [3.8, 4) is 0 Å². The van der Waals surface area contributed by atoms with Crippen molar-refractivity contribution >= 4 is 5.82 Å². The summed E-state index contributed by atoms with van der Waals surface area (Å²) in [6.45, 7) is 4.55. The third-order valence-electron chi connectivity index (χ3n) is 2.78. The lowest BCUT2D eigenvalue weighted by atomic mass is 10.1. The number of rotatable bonds is 4. The molecule has 0 radical (unpaired) electrons. The maximum Gasteiger partial charge on any atom is 0.129 e. The van der Waals surface area contributed by atoms with E-state index in [0.717, 1.165) is 35.7 Å². The molecule has 0 saturated carbocycles. The molecule has 0 amide bonds. The van der Waals surface area contributed by atoms with Crippen LogP contribution in [0.5, 0.6) is 0 Å². The van der Waals surface area contributed by atoms with Gasteiger partial charge in [0.1, 0.15) is 17.5 Å². The zero-order chi connectivity index (χ0) is 13.0. The van der Waals surface area contributed by atoms with E-state index in [1.165, 1.54) is 6.07 Å². The monoisotopic (exact) mass is 245 g/mol. The normalized spacial score (nSPS) is 10.4. The quantitative estimate of drug-likeness (QED) is 0.900. The Bertz CT molecular complexity index is 540. The SMILES string of the molecule is Cc1nccc(NCCc2ccc(F)cc2C)n1. The van der Waals surface area contributed by atoms with Gasteiger partial charge in [0.15, 0.2) is 0 Å². The van der Waals surface area contributed by atoms with Crippen molar-refractivity contribution in [2.45, 2.75) is 20.3 Å². The van der Waals surface area contributed by atoms with E-state index in [-0.39, 0.29) is 5.82 Å². The van der Waals surface area contributed by atoms with Gasteiger partial charge in [-0.25, -0.2) is 14.4 Å². The third kappa shape index (κ3) is 3.26. The molecule has 0 aliphatic rings. The second-order valence-corrected chi connectivity index (χ2v) is 4.24. The Balaban J connectivity index is 1.92. The molecule has 0 aliphatic carbocycles. The molecule has 0 saturated heterocycles. The van der Waals surface area contributed by atoms with Crippen LogP contribution in [0.25, 0.3) is 0 Å². The molecule has 0 bridgehead atoms. The number of benzene rings is 1. The van der Waals surface area contributed by atoms with Gasteiger partial charge in [0, 0.05) is 12.7 Å². The average Bonchev–Trinajstić information content (AvgIpc) is 2.32. The first-order chi connectivity index (χ1) is 8.65. The smallest absolute Gasteiger partial charge is 0.129 e. The van der Waals surface area contributed by atoms with E-state index in [0.29, 0.717) is 0 Å². The predicted octanol–water partition coefficient (Wildman–Crippen LogP) is 2.89. The topological polar surface area (TPSA) is 37.8 Å². The van der Waals surface area contributed by atoms with Crippen molar-refractivity contribution in [3.05, 3.63) is 53.2 Å². The van der Waals surface area contributed by atoms with Crippen molar-refractivity contribution in [1.82, 2.24) is 9.97 Å². The van der Waals surface area contributed by atoms with Crippen molar-refractivity contribution in [2.24, 2.45) is 0 Å². The molecular weight excluding hydrogens is 229 g/mol. The minimum Gasteiger partial charge on any atom is -0.370 e. The number of aryl methyl sites for hydroxylation is 2. The summed E-state index contributed by atoms with van der Waals surface area (Å²) in [6, 6.07) is 6.73. The number of nitrogens with one attached hydrogen (secondary N) is 1. The zero-order valence-electron chi connectivity index (χ0n) is 10.6. The van der Waals surface area contributed by atoms with Gasteiger partial charge in [0.2, 0.25) is 0 Å². The van der Waals surface area contributed by atoms with Gasteiger partial charge in [-0.2, -0.15) is 0 Å². The fourth-order valence-electron chi connectivity index (χ4n) is 1.82. The summed E-state index contributed by atoms with van der Waals surface area (Å²) in [5.41, 5.74) is 2.13. The lowest BCUT2D eigenvalue weighted by molar-refractivity contribution is 0.625. The lowest BCUT2D eigenvalue weighted by Gasteiger charge is -2.08. The van der Waals surface area contributed by atoms with Crippen molar-refractivity contribution in [3.63, 3.8) is 0 Å². The Morgan fingerprint density at radius 2 is 2.06 bits per heavy atom. The third-order valence-corrected chi connectivity index (χ3v) is 2.78. The van der Waals surface area contributed by atoms with E-state index < -0.39 is 0 Å². The number of nitrogens with zero attached hydrogens (tertiary/aromatic N) is 2. The standard InChI is InChI=1S/C14H16FN3/c1-10-9-13(15)4-3-12(10)5-7-17-14-6-8-16-11(2)18-14/h3-4,6,8-9H,5,7H2,1-2H3,(H,16,17,18). The van der Waals surface area contributed by atoms with Gasteiger partial charge in [-0.15, -0.1) is 0 Å². The molecule has 4 heteroatoms. The fraction of sp³-hybridized carbons (Fsp3) is 0.286. The first-order valence-electron chi connectivity index (χ1n) is 5.94. The molecular formula is C14H16FN3. The van der Waals surface area contributed by atoms with E-state index in [9.17, 15) is 4.39 Å². The molecule has 1 aromatic heterocycles. The second-order valence-electron chi connectivity index (χ2n) is 4.24. The first kappa shape index (κ1) is 12.5. The van der Waals surface area contributed by atoms with Crippen molar-refractivity contribution in [1.29, 1.82) is 0 Å². The molecule has 3 nitrogen and oxygen atoms in total. The molecule has 18 heavy (non-hydrogen) atoms. The molecule has 0 atom stereocenters. The van der Waals surface area contributed by atoms with E-state index in [1.54, 1.807) is 12.3 Å². The van der Waals surface area contributed by atoms with Gasteiger partial charge in [0.05, 0.1) is 0 Å². The van der Waals surface area contributed by atoms with Crippen molar-refractivity contribution in [2.75, 3.05) is 11.9 Å². The van der Waals surface area contributed by atoms with Crippen LogP contribution in [-0.2, 0) is 6.42 Å². The summed E-state index contributed by atoms with van der Waals surface area (Å²) >= 11 is 0. The molecule has 0 spiro atoms. The largest absolute Gasteiger partial charge is 0.370 e. The summed E-state index contributed by atoms with van der Waals surface area (Å²) in [6.07, 6.45) is 2.57. The molecule has 0 unspecified atom stereocenters. The van der Waals surface area contributed by atoms with Crippen LogP contribution in [0, 0.1) is 19.7 Å². The Kier molecular flexibility index (Phi) is 3.87. The molecule has 0 fully saturated rings. The highest BCUT2D eigenvalue weighted by molar-refractivity contribution is 5.34. The van der Waals surface area contributed by atoms with Crippen LogP contribution in [0.4, 0.5) is 10.2 Å². The van der Waals surface area contributed by atoms with Gasteiger partial charge >= 0.3 is 0 Å². The van der Waals surface area contributed by atoms with Gasteiger partial charge in [-0.3, -0.25) is 0 Å². The van der Waals surface area contributed by atoms with Crippen LogP contribution in [0.1, 0.15) is 17.0 Å². The number of hydrogen-bond acceptors (Lipinski definition) is 3. The lowest BCUT2D eigenvalue weighted by Crippen LogP contribution is -2.08. The highest BCUT2D eigenvalue weighted by atomic mass is 19.1. The zero-order valence-corrected chi connectivity index (χ0v) is 10.6. The van der Waals surface area contributed by atoms with Crippen LogP contribution >= 0.6 is 0 Å².